The van der Waals surface area contributed by atoms with Crippen LogP contribution in [-0.4, -0.2) is 38.9 Å². The van der Waals surface area contributed by atoms with Crippen molar-refractivity contribution < 1.29 is 22.3 Å². The second-order valence-corrected chi connectivity index (χ2v) is 7.09. The van der Waals surface area contributed by atoms with E-state index in [1.807, 2.05) is 0 Å². The third kappa shape index (κ3) is 3.61. The third-order valence-electron chi connectivity index (χ3n) is 3.01. The predicted octanol–water partition coefficient (Wildman–Crippen LogP) is 1.75. The lowest BCUT2D eigenvalue weighted by Gasteiger charge is -2.17. The number of hydrogen-bond acceptors (Lipinski definition) is 4. The molecule has 1 aromatic carbocycles. The summed E-state index contributed by atoms with van der Waals surface area (Å²) in [6, 6.07) is 3.16. The molecule has 1 aliphatic carbocycles. The van der Waals surface area contributed by atoms with E-state index in [0.29, 0.717) is 0 Å². The molecule has 1 aliphatic rings. The molecule has 0 saturated heterocycles. The van der Waals surface area contributed by atoms with E-state index in [-0.39, 0.29) is 24.3 Å². The van der Waals surface area contributed by atoms with Crippen molar-refractivity contribution in [2.24, 2.45) is 0 Å². The summed E-state index contributed by atoms with van der Waals surface area (Å²) in [5.41, 5.74) is 0. The molecule has 0 heterocycles. The number of rotatable bonds is 5. The fourth-order valence-corrected chi connectivity index (χ4v) is 2.68. The first-order chi connectivity index (χ1) is 9.29. The third-order valence-corrected chi connectivity index (χ3v) is 4.35. The van der Waals surface area contributed by atoms with E-state index in [0.717, 1.165) is 31.0 Å². The van der Waals surface area contributed by atoms with Crippen LogP contribution in [0, 0.1) is 5.82 Å². The van der Waals surface area contributed by atoms with Gasteiger partial charge in [-0.25, -0.2) is 12.8 Å². The first kappa shape index (κ1) is 15.1. The largest absolute Gasteiger partial charge is 0.482 e. The summed E-state index contributed by atoms with van der Waals surface area (Å²) >= 11 is 0. The molecule has 1 fully saturated rings. The van der Waals surface area contributed by atoms with E-state index in [4.69, 9.17) is 15.4 Å². The molecule has 1 saturated carbocycles. The molecule has 5 nitrogen and oxygen atoms in total. The number of halogens is 2. The number of benzene rings is 1. The van der Waals surface area contributed by atoms with Gasteiger partial charge in [0.2, 0.25) is 0 Å². The maximum absolute atomic E-state index is 13.1. The summed E-state index contributed by atoms with van der Waals surface area (Å²) in [4.78, 5) is 12.8. The molecule has 0 unspecified atom stereocenters. The first-order valence-electron chi connectivity index (χ1n) is 5.91. The second kappa shape index (κ2) is 5.57. The van der Waals surface area contributed by atoms with E-state index in [9.17, 15) is 17.6 Å². The Bertz CT molecular complexity index is 630. The summed E-state index contributed by atoms with van der Waals surface area (Å²) < 4.78 is 40.9. The number of likely N-dealkylation sites (N-methyl/N-ethyl adjacent to an activating group) is 1. The quantitative estimate of drug-likeness (QED) is 0.775. The van der Waals surface area contributed by atoms with E-state index in [1.54, 1.807) is 11.9 Å². The maximum atomic E-state index is 13.1. The normalized spacial score (nSPS) is 14.9. The number of nitrogens with zero attached hydrogens (tertiary/aromatic N) is 1. The molecule has 110 valence electrons. The Balaban J connectivity index is 2.11. The summed E-state index contributed by atoms with van der Waals surface area (Å²) in [5, 5.41) is 0. The van der Waals surface area contributed by atoms with Gasteiger partial charge in [-0.3, -0.25) is 4.79 Å². The number of ether oxygens (including phenoxy) is 1. The molecule has 0 aromatic heterocycles. The Morgan fingerprint density at radius 3 is 2.70 bits per heavy atom. The molecule has 8 heteroatoms. The predicted molar refractivity (Wildman–Crippen MR) is 70.7 cm³/mol. The van der Waals surface area contributed by atoms with Gasteiger partial charge in [-0.2, -0.15) is 0 Å². The lowest BCUT2D eigenvalue weighted by atomic mass is 10.3. The Kier molecular flexibility index (Phi) is 4.19. The van der Waals surface area contributed by atoms with Crippen LogP contribution in [0.2, 0.25) is 0 Å². The first-order valence-corrected chi connectivity index (χ1v) is 8.22. The van der Waals surface area contributed by atoms with Crippen LogP contribution in [0.25, 0.3) is 0 Å². The van der Waals surface area contributed by atoms with Crippen molar-refractivity contribution in [2.45, 2.75) is 23.8 Å². The van der Waals surface area contributed by atoms with Gasteiger partial charge >= 0.3 is 0 Å². The van der Waals surface area contributed by atoms with Crippen molar-refractivity contribution in [3.05, 3.63) is 24.0 Å². The number of carbonyl (C=O) groups excluding carboxylic acids is 1. The van der Waals surface area contributed by atoms with Crippen molar-refractivity contribution in [1.82, 2.24) is 4.90 Å². The average Bonchev–Trinajstić information content (AvgIpc) is 3.19. The fraction of sp³-hybridized carbons (Fsp3) is 0.417. The smallest absolute Gasteiger partial charge is 0.265 e. The molecular weight excluding hydrogens is 309 g/mol. The molecule has 2 rings (SSSR count). The highest BCUT2D eigenvalue weighted by Gasteiger charge is 2.30. The molecular formula is C12H13ClFNO4S. The van der Waals surface area contributed by atoms with Gasteiger partial charge in [0.05, 0.1) is 0 Å². The standard InChI is InChI=1S/C12H13ClFNO4S/c1-15(9-3-4-9)12(16)7-19-10-5-2-8(14)6-11(10)20(13,17)18/h2,5-6,9H,3-4,7H2,1H3. The summed E-state index contributed by atoms with van der Waals surface area (Å²) in [6.07, 6.45) is 1.92. The van der Waals surface area contributed by atoms with Gasteiger partial charge in [0.15, 0.2) is 6.61 Å². The Morgan fingerprint density at radius 2 is 2.15 bits per heavy atom. The summed E-state index contributed by atoms with van der Waals surface area (Å²) in [7, 11) is 2.72. The SMILES string of the molecule is CN(C(=O)COc1ccc(F)cc1S(=O)(=O)Cl)C1CC1. The molecule has 20 heavy (non-hydrogen) atoms. The zero-order valence-corrected chi connectivity index (χ0v) is 12.2. The second-order valence-electron chi connectivity index (χ2n) is 4.55. The zero-order chi connectivity index (χ0) is 14.9. The highest BCUT2D eigenvalue weighted by molar-refractivity contribution is 8.13. The summed E-state index contributed by atoms with van der Waals surface area (Å²) in [5.74, 6) is -1.16. The summed E-state index contributed by atoms with van der Waals surface area (Å²) in [6.45, 7) is -0.321. The fourth-order valence-electron chi connectivity index (χ4n) is 1.70. The minimum absolute atomic E-state index is 0.140. The van der Waals surface area contributed by atoms with Crippen LogP contribution >= 0.6 is 10.7 Å². The Morgan fingerprint density at radius 1 is 1.50 bits per heavy atom. The van der Waals surface area contributed by atoms with E-state index in [1.165, 1.54) is 0 Å². The highest BCUT2D eigenvalue weighted by atomic mass is 35.7. The molecule has 0 N–H and O–H groups in total. The molecule has 0 aliphatic heterocycles. The van der Waals surface area contributed by atoms with Crippen molar-refractivity contribution >= 4 is 25.6 Å². The van der Waals surface area contributed by atoms with Crippen LogP contribution < -0.4 is 4.74 Å². The average molecular weight is 322 g/mol. The van der Waals surface area contributed by atoms with Crippen LogP contribution in [0.3, 0.4) is 0 Å². The lowest BCUT2D eigenvalue weighted by molar-refractivity contribution is -0.132. The van der Waals surface area contributed by atoms with Crippen LogP contribution in [-0.2, 0) is 13.8 Å². The van der Waals surface area contributed by atoms with Gasteiger partial charge in [0.1, 0.15) is 16.5 Å². The van der Waals surface area contributed by atoms with Crippen LogP contribution in [0.1, 0.15) is 12.8 Å². The zero-order valence-electron chi connectivity index (χ0n) is 10.7. The van der Waals surface area contributed by atoms with Crippen molar-refractivity contribution in [2.75, 3.05) is 13.7 Å². The molecule has 0 atom stereocenters. The van der Waals surface area contributed by atoms with Gasteiger partial charge in [-0.15, -0.1) is 0 Å². The van der Waals surface area contributed by atoms with Gasteiger partial charge in [0, 0.05) is 23.8 Å². The van der Waals surface area contributed by atoms with Crippen molar-refractivity contribution in [1.29, 1.82) is 0 Å². The van der Waals surface area contributed by atoms with Gasteiger partial charge in [-0.05, 0) is 31.0 Å². The van der Waals surface area contributed by atoms with Gasteiger partial charge in [0.25, 0.3) is 15.0 Å². The molecule has 0 spiro atoms. The maximum Gasteiger partial charge on any atom is 0.265 e. The molecule has 0 radical (unpaired) electrons. The van der Waals surface area contributed by atoms with Crippen LogP contribution in [0.5, 0.6) is 5.75 Å². The Hall–Kier alpha value is -1.34. The number of carbonyl (C=O) groups is 1. The molecule has 1 aromatic rings. The minimum Gasteiger partial charge on any atom is -0.482 e. The van der Waals surface area contributed by atoms with Crippen molar-refractivity contribution in [3.63, 3.8) is 0 Å². The van der Waals surface area contributed by atoms with Gasteiger partial charge < -0.3 is 9.64 Å². The molecule has 0 bridgehead atoms. The number of amides is 1. The lowest BCUT2D eigenvalue weighted by Crippen LogP contribution is -2.33. The topological polar surface area (TPSA) is 63.7 Å². The Labute approximate surface area is 120 Å². The van der Waals surface area contributed by atoms with E-state index in [2.05, 4.69) is 0 Å². The van der Waals surface area contributed by atoms with Crippen molar-refractivity contribution in [3.8, 4) is 5.75 Å². The van der Waals surface area contributed by atoms with Gasteiger partial charge in [-0.1, -0.05) is 0 Å². The van der Waals surface area contributed by atoms with E-state index < -0.39 is 19.8 Å². The van der Waals surface area contributed by atoms with Crippen LogP contribution in [0.4, 0.5) is 4.39 Å². The van der Waals surface area contributed by atoms with E-state index >= 15 is 0 Å². The highest BCUT2D eigenvalue weighted by Crippen LogP contribution is 2.28. The minimum atomic E-state index is -4.15. The number of hydrogen-bond donors (Lipinski definition) is 0. The van der Waals surface area contributed by atoms with Crippen LogP contribution in [0.15, 0.2) is 23.1 Å². The molecule has 1 amide bonds. The monoisotopic (exact) mass is 321 g/mol.